The van der Waals surface area contributed by atoms with Gasteiger partial charge in [-0.25, -0.2) is 9.50 Å². The highest BCUT2D eigenvalue weighted by Crippen LogP contribution is 2.34. The van der Waals surface area contributed by atoms with Crippen molar-refractivity contribution in [3.05, 3.63) is 51.8 Å². The van der Waals surface area contributed by atoms with Gasteiger partial charge in [0, 0.05) is 17.7 Å². The fourth-order valence-electron chi connectivity index (χ4n) is 2.49. The monoisotopic (exact) mass is 430 g/mol. The fourth-order valence-corrected chi connectivity index (χ4v) is 2.79. The zero-order valence-corrected chi connectivity index (χ0v) is 16.3. The number of benzene rings is 1. The number of hydrogen-bond acceptors (Lipinski definition) is 3. The second-order valence-electron chi connectivity index (χ2n) is 6.24. The maximum atomic E-state index is 13.6. The van der Waals surface area contributed by atoms with E-state index in [1.165, 1.54) is 24.3 Å². The first-order valence-corrected chi connectivity index (χ1v) is 9.10. The van der Waals surface area contributed by atoms with E-state index >= 15 is 0 Å². The Morgan fingerprint density at radius 3 is 2.54 bits per heavy atom. The van der Waals surface area contributed by atoms with E-state index in [4.69, 9.17) is 23.2 Å². The largest absolute Gasteiger partial charge is 0.433 e. The molecule has 1 aromatic carbocycles. The van der Waals surface area contributed by atoms with E-state index in [1.54, 1.807) is 6.92 Å². The number of fused-ring (bicyclic) bond motifs is 1. The lowest BCUT2D eigenvalue weighted by molar-refractivity contribution is -0.142. The standard InChI is InChI=1S/C18H15Cl2F3N4O/c1-3-9(2)24-17(28)14-8-16-25-13(10-4-5-11(19)12(20)6-10)7-15(18(21,22)23)27(16)26-14/h4-9H,3H2,1-2H3,(H,24,28). The van der Waals surface area contributed by atoms with Gasteiger partial charge in [-0.1, -0.05) is 36.2 Å². The lowest BCUT2D eigenvalue weighted by Crippen LogP contribution is -2.32. The van der Waals surface area contributed by atoms with Crippen molar-refractivity contribution in [2.45, 2.75) is 32.5 Å². The van der Waals surface area contributed by atoms with Crippen molar-refractivity contribution in [1.82, 2.24) is 19.9 Å². The van der Waals surface area contributed by atoms with Gasteiger partial charge in [-0.2, -0.15) is 18.3 Å². The zero-order valence-electron chi connectivity index (χ0n) is 14.8. The molecule has 1 amide bonds. The molecule has 0 fully saturated rings. The van der Waals surface area contributed by atoms with Gasteiger partial charge in [0.15, 0.2) is 17.0 Å². The molecule has 0 aliphatic rings. The molecule has 5 nitrogen and oxygen atoms in total. The fraction of sp³-hybridized carbons (Fsp3) is 0.278. The van der Waals surface area contributed by atoms with Crippen molar-refractivity contribution in [3.63, 3.8) is 0 Å². The molecule has 28 heavy (non-hydrogen) atoms. The quantitative estimate of drug-likeness (QED) is 0.614. The Balaban J connectivity index is 2.15. The van der Waals surface area contributed by atoms with Crippen molar-refractivity contribution in [2.75, 3.05) is 0 Å². The number of hydrogen-bond donors (Lipinski definition) is 1. The molecule has 1 atom stereocenters. The molecule has 1 N–H and O–H groups in total. The Morgan fingerprint density at radius 1 is 1.21 bits per heavy atom. The van der Waals surface area contributed by atoms with Gasteiger partial charge in [0.05, 0.1) is 15.7 Å². The summed E-state index contributed by atoms with van der Waals surface area (Å²) >= 11 is 11.8. The lowest BCUT2D eigenvalue weighted by atomic mass is 10.1. The van der Waals surface area contributed by atoms with E-state index in [9.17, 15) is 18.0 Å². The number of nitrogens with zero attached hydrogens (tertiary/aromatic N) is 3. The molecule has 2 heterocycles. The molecule has 0 radical (unpaired) electrons. The van der Waals surface area contributed by atoms with Crippen LogP contribution in [0.5, 0.6) is 0 Å². The number of amides is 1. The number of rotatable bonds is 4. The molecule has 2 aromatic heterocycles. The summed E-state index contributed by atoms with van der Waals surface area (Å²) in [6, 6.07) is 6.35. The van der Waals surface area contributed by atoms with Crippen LogP contribution < -0.4 is 5.32 Å². The second-order valence-corrected chi connectivity index (χ2v) is 7.05. The summed E-state index contributed by atoms with van der Waals surface area (Å²) in [4.78, 5) is 16.5. The molecule has 1 unspecified atom stereocenters. The Hall–Kier alpha value is -2.32. The van der Waals surface area contributed by atoms with Crippen LogP contribution in [0.15, 0.2) is 30.3 Å². The van der Waals surface area contributed by atoms with Crippen LogP contribution in [0, 0.1) is 0 Å². The van der Waals surface area contributed by atoms with Gasteiger partial charge in [0.25, 0.3) is 5.91 Å². The normalized spacial score (nSPS) is 13.0. The summed E-state index contributed by atoms with van der Waals surface area (Å²) in [6.45, 7) is 3.66. The van der Waals surface area contributed by atoms with Crippen LogP contribution >= 0.6 is 23.2 Å². The van der Waals surface area contributed by atoms with E-state index in [1.807, 2.05) is 6.92 Å². The van der Waals surface area contributed by atoms with Crippen LogP contribution in [-0.4, -0.2) is 26.5 Å². The van der Waals surface area contributed by atoms with E-state index in [0.29, 0.717) is 16.5 Å². The van der Waals surface area contributed by atoms with Gasteiger partial charge in [-0.05, 0) is 31.5 Å². The Bertz CT molecular complexity index is 1050. The molecule has 0 saturated carbocycles. The Labute approximate surface area is 168 Å². The predicted molar refractivity (Wildman–Crippen MR) is 101 cm³/mol. The smallest absolute Gasteiger partial charge is 0.348 e. The maximum absolute atomic E-state index is 13.6. The van der Waals surface area contributed by atoms with Gasteiger partial charge in [0.1, 0.15) is 0 Å². The van der Waals surface area contributed by atoms with Crippen LogP contribution in [0.1, 0.15) is 36.5 Å². The van der Waals surface area contributed by atoms with E-state index < -0.39 is 17.8 Å². The van der Waals surface area contributed by atoms with Crippen molar-refractivity contribution < 1.29 is 18.0 Å². The maximum Gasteiger partial charge on any atom is 0.433 e. The molecule has 0 spiro atoms. The van der Waals surface area contributed by atoms with Gasteiger partial charge < -0.3 is 5.32 Å². The summed E-state index contributed by atoms with van der Waals surface area (Å²) < 4.78 is 41.4. The molecular formula is C18H15Cl2F3N4O. The summed E-state index contributed by atoms with van der Waals surface area (Å²) in [5.41, 5.74) is -0.919. The number of carbonyl (C=O) groups is 1. The number of nitrogens with one attached hydrogen (secondary N) is 1. The Morgan fingerprint density at radius 2 is 1.93 bits per heavy atom. The average molecular weight is 431 g/mol. The van der Waals surface area contributed by atoms with E-state index in [2.05, 4.69) is 15.4 Å². The first-order chi connectivity index (χ1) is 13.1. The van der Waals surface area contributed by atoms with Crippen molar-refractivity contribution in [3.8, 4) is 11.3 Å². The third-order valence-corrected chi connectivity index (χ3v) is 4.89. The molecular weight excluding hydrogens is 416 g/mol. The van der Waals surface area contributed by atoms with Crippen LogP contribution in [0.25, 0.3) is 16.9 Å². The molecule has 0 aliphatic carbocycles. The zero-order chi connectivity index (χ0) is 20.6. The second kappa shape index (κ2) is 7.60. The summed E-state index contributed by atoms with van der Waals surface area (Å²) in [5, 5.41) is 6.94. The van der Waals surface area contributed by atoms with Crippen LogP contribution in [0.3, 0.4) is 0 Å². The van der Waals surface area contributed by atoms with Crippen molar-refractivity contribution in [2.24, 2.45) is 0 Å². The highest BCUT2D eigenvalue weighted by atomic mass is 35.5. The lowest BCUT2D eigenvalue weighted by Gasteiger charge is -2.11. The third-order valence-electron chi connectivity index (χ3n) is 4.16. The Kier molecular flexibility index (Phi) is 5.54. The molecule has 3 aromatic rings. The first-order valence-electron chi connectivity index (χ1n) is 8.34. The van der Waals surface area contributed by atoms with Crippen molar-refractivity contribution >= 4 is 34.8 Å². The van der Waals surface area contributed by atoms with Crippen LogP contribution in [0.2, 0.25) is 10.0 Å². The number of carbonyl (C=O) groups excluding carboxylic acids is 1. The summed E-state index contributed by atoms with van der Waals surface area (Å²) in [6.07, 6.45) is -4.03. The molecule has 0 bridgehead atoms. The van der Waals surface area contributed by atoms with Gasteiger partial charge in [-0.3, -0.25) is 4.79 Å². The minimum absolute atomic E-state index is 0.0344. The number of alkyl halides is 3. The summed E-state index contributed by atoms with van der Waals surface area (Å²) in [5.74, 6) is -0.566. The molecule has 3 rings (SSSR count). The average Bonchev–Trinajstić information content (AvgIpc) is 3.06. The highest BCUT2D eigenvalue weighted by Gasteiger charge is 2.35. The molecule has 148 valence electrons. The SMILES string of the molecule is CCC(C)NC(=O)c1cc2nc(-c3ccc(Cl)c(Cl)c3)cc(C(F)(F)F)n2n1. The van der Waals surface area contributed by atoms with Crippen molar-refractivity contribution in [1.29, 1.82) is 0 Å². The molecule has 10 heteroatoms. The minimum Gasteiger partial charge on any atom is -0.348 e. The van der Waals surface area contributed by atoms with E-state index in [-0.39, 0.29) is 33.1 Å². The molecule has 0 aliphatic heterocycles. The van der Waals surface area contributed by atoms with Crippen LogP contribution in [-0.2, 0) is 6.18 Å². The number of halogens is 5. The minimum atomic E-state index is -4.71. The van der Waals surface area contributed by atoms with Gasteiger partial charge in [0.2, 0.25) is 0 Å². The van der Waals surface area contributed by atoms with Gasteiger partial charge in [-0.15, -0.1) is 0 Å². The highest BCUT2D eigenvalue weighted by molar-refractivity contribution is 6.42. The predicted octanol–water partition coefficient (Wildman–Crippen LogP) is 5.25. The number of aromatic nitrogens is 3. The topological polar surface area (TPSA) is 59.3 Å². The molecule has 0 saturated heterocycles. The van der Waals surface area contributed by atoms with Crippen LogP contribution in [0.4, 0.5) is 13.2 Å². The van der Waals surface area contributed by atoms with Gasteiger partial charge >= 0.3 is 6.18 Å². The summed E-state index contributed by atoms with van der Waals surface area (Å²) in [7, 11) is 0. The third kappa shape index (κ3) is 4.07. The first kappa shape index (κ1) is 20.4. The van der Waals surface area contributed by atoms with E-state index in [0.717, 1.165) is 6.07 Å².